The molecular weight excluding hydrogens is 956 g/mol. The van der Waals surface area contributed by atoms with Gasteiger partial charge in [-0.05, 0) is 160 Å². The van der Waals surface area contributed by atoms with Crippen LogP contribution in [0.1, 0.15) is 27.8 Å². The fraction of sp³-hybridized carbons (Fsp3) is 0.0270. The van der Waals surface area contributed by atoms with E-state index in [0.717, 1.165) is 62.6 Å². The number of hydrogen-bond acceptors (Lipinski definition) is 4. The highest BCUT2D eigenvalue weighted by Crippen LogP contribution is 2.49. The first kappa shape index (κ1) is 47.4. The Morgan fingerprint density at radius 2 is 0.646 bits per heavy atom. The Labute approximate surface area is 464 Å². The summed E-state index contributed by atoms with van der Waals surface area (Å²) in [5.41, 5.74) is 22.6. The van der Waals surface area contributed by atoms with E-state index < -0.39 is 5.41 Å². The zero-order valence-electron chi connectivity index (χ0n) is 43.9. The van der Waals surface area contributed by atoms with Crippen LogP contribution in [0.4, 0.5) is 68.2 Å². The molecule has 374 valence electrons. The minimum atomic E-state index is -0.569. The predicted octanol–water partition coefficient (Wildman–Crippen LogP) is 17.4. The molecule has 0 saturated carbocycles. The SMILES string of the molecule is Cc1ccc2c(c1)N(c1ccc(C(c3ccccc3)(c3ccccc3)c3ccccc3)cc1)c1cccc3c1B2c1ccc(N(c2ccccc2)c2ccccc2)cc1N3c1cccc(N(c2ccccc2)c2ccccc2)c1. The maximum Gasteiger partial charge on any atom is 0.252 e. The molecule has 0 unspecified atom stereocenters. The fourth-order valence-corrected chi connectivity index (χ4v) is 12.6. The molecule has 12 aromatic rings. The topological polar surface area (TPSA) is 13.0 Å². The molecule has 12 aromatic carbocycles. The summed E-state index contributed by atoms with van der Waals surface area (Å²) in [5.74, 6) is 0. The van der Waals surface area contributed by atoms with E-state index in [-0.39, 0.29) is 6.71 Å². The third kappa shape index (κ3) is 8.18. The Hall–Kier alpha value is -10.1. The predicted molar refractivity (Wildman–Crippen MR) is 333 cm³/mol. The van der Waals surface area contributed by atoms with Gasteiger partial charge >= 0.3 is 0 Å². The van der Waals surface area contributed by atoms with E-state index in [0.29, 0.717) is 0 Å². The first-order valence-electron chi connectivity index (χ1n) is 27.3. The number of rotatable bonds is 12. The summed E-state index contributed by atoms with van der Waals surface area (Å²) in [5, 5.41) is 0. The second-order valence-electron chi connectivity index (χ2n) is 20.5. The molecule has 2 heterocycles. The molecule has 0 aliphatic carbocycles. The molecule has 4 nitrogen and oxygen atoms in total. The van der Waals surface area contributed by atoms with Gasteiger partial charge in [-0.25, -0.2) is 0 Å². The lowest BCUT2D eigenvalue weighted by molar-refractivity contribution is 0.745. The molecule has 14 rings (SSSR count). The first-order chi connectivity index (χ1) is 39.1. The van der Waals surface area contributed by atoms with Crippen LogP contribution >= 0.6 is 0 Å². The molecule has 5 heteroatoms. The van der Waals surface area contributed by atoms with Gasteiger partial charge in [-0.15, -0.1) is 0 Å². The van der Waals surface area contributed by atoms with Crippen LogP contribution < -0.4 is 36.0 Å². The second-order valence-corrected chi connectivity index (χ2v) is 20.5. The number of fused-ring (bicyclic) bond motifs is 4. The van der Waals surface area contributed by atoms with Gasteiger partial charge in [-0.2, -0.15) is 0 Å². The van der Waals surface area contributed by atoms with Crippen molar-refractivity contribution in [3.8, 4) is 0 Å². The van der Waals surface area contributed by atoms with Crippen molar-refractivity contribution in [2.75, 3.05) is 19.6 Å². The molecule has 79 heavy (non-hydrogen) atoms. The van der Waals surface area contributed by atoms with Gasteiger partial charge in [0.25, 0.3) is 6.71 Å². The van der Waals surface area contributed by atoms with Crippen LogP contribution in [0.3, 0.4) is 0 Å². The van der Waals surface area contributed by atoms with E-state index in [4.69, 9.17) is 0 Å². The lowest BCUT2D eigenvalue weighted by Gasteiger charge is -2.44. The van der Waals surface area contributed by atoms with Crippen LogP contribution in [0.15, 0.2) is 315 Å². The summed E-state index contributed by atoms with van der Waals surface area (Å²) >= 11 is 0. The van der Waals surface area contributed by atoms with Crippen LogP contribution in [0.5, 0.6) is 0 Å². The highest BCUT2D eigenvalue weighted by molar-refractivity contribution is 7.00. The molecule has 0 amide bonds. The van der Waals surface area contributed by atoms with E-state index in [1.54, 1.807) is 0 Å². The molecule has 2 aliphatic rings. The normalized spacial score (nSPS) is 12.3. The molecule has 0 N–H and O–H groups in total. The van der Waals surface area contributed by atoms with Crippen LogP contribution in [0, 0.1) is 6.92 Å². The van der Waals surface area contributed by atoms with Crippen molar-refractivity contribution >= 4 is 91.3 Å². The van der Waals surface area contributed by atoms with Crippen LogP contribution in [-0.2, 0) is 5.41 Å². The molecule has 0 atom stereocenters. The summed E-state index contributed by atoms with van der Waals surface area (Å²) in [6.45, 7) is 2.16. The summed E-state index contributed by atoms with van der Waals surface area (Å²) in [6.07, 6.45) is 0. The van der Waals surface area contributed by atoms with Crippen LogP contribution in [0.25, 0.3) is 0 Å². The fourth-order valence-electron chi connectivity index (χ4n) is 12.6. The molecule has 2 aliphatic heterocycles. The van der Waals surface area contributed by atoms with Crippen LogP contribution in [-0.4, -0.2) is 6.71 Å². The van der Waals surface area contributed by atoms with E-state index in [1.807, 2.05) is 0 Å². The van der Waals surface area contributed by atoms with E-state index in [9.17, 15) is 0 Å². The standard InChI is InChI=1S/C74H55BN4/c1-54-43-49-67-71(51-54)78(63-46-44-58(45-47-63)74(55-25-9-2-10-26-55,56-27-11-3-12-28-56)57-29-13-4-14-30-57)69-41-24-42-70-73(69)75(67)68-50-48-66(77(61-35-19-7-20-36-61)62-37-21-8-22-38-62)53-72(68)79(70)65-40-23-39-64(52-65)76(59-31-15-5-16-32-59)60-33-17-6-18-34-60/h2-53H,1H3. The molecule has 0 fully saturated rings. The van der Waals surface area contributed by atoms with Gasteiger partial charge in [-0.3, -0.25) is 0 Å². The molecule has 0 aromatic heterocycles. The molecule has 0 saturated heterocycles. The number of aryl methyl sites for hydroxylation is 1. The van der Waals surface area contributed by atoms with Crippen LogP contribution in [0.2, 0.25) is 0 Å². The maximum atomic E-state index is 2.52. The number of anilines is 12. The Kier molecular flexibility index (Phi) is 12.1. The largest absolute Gasteiger partial charge is 0.311 e. The van der Waals surface area contributed by atoms with Crippen molar-refractivity contribution in [2.24, 2.45) is 0 Å². The van der Waals surface area contributed by atoms with Gasteiger partial charge in [-0.1, -0.05) is 206 Å². The monoisotopic (exact) mass is 1010 g/mol. The maximum absolute atomic E-state index is 2.52. The average Bonchev–Trinajstić information content (AvgIpc) is 3.70. The summed E-state index contributed by atoms with van der Waals surface area (Å²) in [6, 6.07) is 115. The highest BCUT2D eigenvalue weighted by atomic mass is 15.2. The summed E-state index contributed by atoms with van der Waals surface area (Å²) < 4.78 is 0. The second kappa shape index (κ2) is 20.1. The molecule has 0 radical (unpaired) electrons. The Balaban J connectivity index is 0.983. The van der Waals surface area contributed by atoms with Gasteiger partial charge in [0, 0.05) is 68.2 Å². The third-order valence-corrected chi connectivity index (χ3v) is 16.0. The van der Waals surface area contributed by atoms with Crippen molar-refractivity contribution in [2.45, 2.75) is 12.3 Å². The van der Waals surface area contributed by atoms with Crippen molar-refractivity contribution in [1.82, 2.24) is 0 Å². The van der Waals surface area contributed by atoms with Crippen molar-refractivity contribution in [3.63, 3.8) is 0 Å². The number of benzene rings is 12. The van der Waals surface area contributed by atoms with Gasteiger partial charge in [0.1, 0.15) is 0 Å². The quantitative estimate of drug-likeness (QED) is 0.0893. The van der Waals surface area contributed by atoms with E-state index >= 15 is 0 Å². The Morgan fingerprint density at radius 1 is 0.278 bits per heavy atom. The minimum absolute atomic E-state index is 0.0604. The van der Waals surface area contributed by atoms with Gasteiger partial charge < -0.3 is 19.6 Å². The highest BCUT2D eigenvalue weighted by Gasteiger charge is 2.44. The van der Waals surface area contributed by atoms with E-state index in [1.165, 1.54) is 49.9 Å². The zero-order chi connectivity index (χ0) is 52.7. The van der Waals surface area contributed by atoms with Crippen molar-refractivity contribution in [1.29, 1.82) is 0 Å². The van der Waals surface area contributed by atoms with Crippen molar-refractivity contribution < 1.29 is 0 Å². The van der Waals surface area contributed by atoms with Gasteiger partial charge in [0.2, 0.25) is 0 Å². The summed E-state index contributed by atoms with van der Waals surface area (Å²) in [7, 11) is 0. The smallest absolute Gasteiger partial charge is 0.252 e. The number of para-hydroxylation sites is 4. The Morgan fingerprint density at radius 3 is 1.11 bits per heavy atom. The zero-order valence-corrected chi connectivity index (χ0v) is 43.9. The van der Waals surface area contributed by atoms with Gasteiger partial charge in [0.15, 0.2) is 0 Å². The lowest BCUT2D eigenvalue weighted by atomic mass is 9.33. The van der Waals surface area contributed by atoms with Gasteiger partial charge in [0.05, 0.1) is 5.41 Å². The Bertz CT molecular complexity index is 3910. The lowest BCUT2D eigenvalue weighted by Crippen LogP contribution is -2.61. The summed E-state index contributed by atoms with van der Waals surface area (Å²) in [4.78, 5) is 9.77. The third-order valence-electron chi connectivity index (χ3n) is 16.0. The van der Waals surface area contributed by atoms with Crippen molar-refractivity contribution in [3.05, 3.63) is 343 Å². The molecule has 0 bridgehead atoms. The molecule has 0 spiro atoms. The first-order valence-corrected chi connectivity index (χ1v) is 27.3. The number of hydrogen-bond donors (Lipinski definition) is 0. The average molecular weight is 1010 g/mol. The number of nitrogens with zero attached hydrogens (tertiary/aromatic N) is 4. The molecular formula is C74H55BN4. The van der Waals surface area contributed by atoms with E-state index in [2.05, 4.69) is 342 Å². The minimum Gasteiger partial charge on any atom is -0.311 e.